The van der Waals surface area contributed by atoms with Crippen molar-refractivity contribution in [1.29, 1.82) is 0 Å². The van der Waals surface area contributed by atoms with E-state index < -0.39 is 5.76 Å². The Morgan fingerprint density at radius 1 is 1.23 bits per heavy atom. The molecule has 22 heavy (non-hydrogen) atoms. The third-order valence-corrected chi connectivity index (χ3v) is 3.23. The molecule has 0 bridgehead atoms. The fourth-order valence-corrected chi connectivity index (χ4v) is 2.17. The number of carbonyl (C=O) groups excluding carboxylic acids is 1. The van der Waals surface area contributed by atoms with Crippen molar-refractivity contribution >= 4 is 22.7 Å². The fourth-order valence-electron chi connectivity index (χ4n) is 2.17. The molecular weight excluding hydrogens is 286 g/mol. The number of benzene rings is 1. The molecule has 0 fully saturated rings. The summed E-state index contributed by atoms with van der Waals surface area (Å²) in [4.78, 5) is 37.9. The largest absolute Gasteiger partial charge is 0.419 e. The number of para-hydroxylation sites is 2. The molecule has 1 amide bonds. The number of aromatic amines is 1. The normalized spacial score (nSPS) is 10.7. The molecule has 2 heterocycles. The second-order valence-corrected chi connectivity index (χ2v) is 4.71. The summed E-state index contributed by atoms with van der Waals surface area (Å²) in [6, 6.07) is 8.32. The van der Waals surface area contributed by atoms with Gasteiger partial charge < -0.3 is 14.7 Å². The Labute approximate surface area is 124 Å². The molecule has 2 N–H and O–H groups in total. The van der Waals surface area contributed by atoms with Crippen LogP contribution in [0.4, 0.5) is 5.69 Å². The first kappa shape index (κ1) is 13.9. The van der Waals surface area contributed by atoms with Gasteiger partial charge >= 0.3 is 5.76 Å². The molecule has 7 nitrogen and oxygen atoms in total. The molecule has 3 rings (SSSR count). The average molecular weight is 299 g/mol. The van der Waals surface area contributed by atoms with Gasteiger partial charge in [-0.1, -0.05) is 12.1 Å². The Balaban J connectivity index is 1.73. The number of aryl methyl sites for hydroxylation is 1. The highest BCUT2D eigenvalue weighted by Crippen LogP contribution is 2.12. The minimum Gasteiger partial charge on any atom is -0.408 e. The van der Waals surface area contributed by atoms with Gasteiger partial charge in [0, 0.05) is 31.4 Å². The number of anilines is 1. The molecule has 7 heteroatoms. The molecule has 0 unspecified atom stereocenters. The first-order valence-corrected chi connectivity index (χ1v) is 6.70. The molecule has 112 valence electrons. The van der Waals surface area contributed by atoms with Gasteiger partial charge in [-0.2, -0.15) is 0 Å². The fraction of sp³-hybridized carbons (Fsp3) is 0.133. The van der Waals surface area contributed by atoms with E-state index in [0.29, 0.717) is 11.1 Å². The monoisotopic (exact) mass is 299 g/mol. The number of hydrogen-bond donors (Lipinski definition) is 2. The van der Waals surface area contributed by atoms with E-state index in [1.54, 1.807) is 24.3 Å². The number of hydrogen-bond acceptors (Lipinski definition) is 4. The summed E-state index contributed by atoms with van der Waals surface area (Å²) >= 11 is 0. The lowest BCUT2D eigenvalue weighted by molar-refractivity contribution is -0.116. The van der Waals surface area contributed by atoms with Crippen LogP contribution >= 0.6 is 0 Å². The minimum atomic E-state index is -0.508. The van der Waals surface area contributed by atoms with Crippen molar-refractivity contribution in [3.63, 3.8) is 0 Å². The Morgan fingerprint density at radius 2 is 2.05 bits per heavy atom. The van der Waals surface area contributed by atoms with E-state index in [-0.39, 0.29) is 30.0 Å². The number of nitrogens with one attached hydrogen (secondary N) is 2. The lowest BCUT2D eigenvalue weighted by Gasteiger charge is -2.04. The maximum Gasteiger partial charge on any atom is 0.419 e. The van der Waals surface area contributed by atoms with Crippen LogP contribution in [-0.2, 0) is 11.3 Å². The highest BCUT2D eigenvalue weighted by atomic mass is 16.4. The van der Waals surface area contributed by atoms with Crippen LogP contribution in [0.25, 0.3) is 11.1 Å². The van der Waals surface area contributed by atoms with Gasteiger partial charge in [0.05, 0.1) is 5.52 Å². The van der Waals surface area contributed by atoms with Crippen molar-refractivity contribution in [2.75, 3.05) is 5.32 Å². The van der Waals surface area contributed by atoms with E-state index in [9.17, 15) is 14.4 Å². The molecule has 0 aliphatic heterocycles. The van der Waals surface area contributed by atoms with Crippen LogP contribution in [-0.4, -0.2) is 15.5 Å². The lowest BCUT2D eigenvalue weighted by atomic mass is 10.3. The molecule has 3 aromatic rings. The van der Waals surface area contributed by atoms with Crippen LogP contribution in [0.15, 0.2) is 56.7 Å². The van der Waals surface area contributed by atoms with Crippen LogP contribution in [0.1, 0.15) is 6.42 Å². The quantitative estimate of drug-likeness (QED) is 0.759. The van der Waals surface area contributed by atoms with Crippen LogP contribution in [0.5, 0.6) is 0 Å². The van der Waals surface area contributed by atoms with Gasteiger partial charge in [0.1, 0.15) is 5.69 Å². The predicted octanol–water partition coefficient (Wildman–Crippen LogP) is 1.31. The molecule has 2 aromatic heterocycles. The second-order valence-electron chi connectivity index (χ2n) is 4.71. The number of rotatable bonds is 4. The number of oxazole rings is 1. The van der Waals surface area contributed by atoms with Crippen molar-refractivity contribution in [2.24, 2.45) is 0 Å². The van der Waals surface area contributed by atoms with Crippen molar-refractivity contribution in [3.05, 3.63) is 63.5 Å². The molecular formula is C15H13N3O4. The molecule has 0 saturated heterocycles. The number of carbonyl (C=O) groups is 1. The summed E-state index contributed by atoms with van der Waals surface area (Å²) in [6.45, 7) is 0.173. The van der Waals surface area contributed by atoms with Crippen LogP contribution in [0.3, 0.4) is 0 Å². The van der Waals surface area contributed by atoms with Gasteiger partial charge in [-0.3, -0.25) is 14.2 Å². The molecule has 0 atom stereocenters. The molecule has 0 radical (unpaired) electrons. The number of pyridine rings is 1. The van der Waals surface area contributed by atoms with E-state index in [0.717, 1.165) is 0 Å². The van der Waals surface area contributed by atoms with E-state index in [4.69, 9.17) is 4.42 Å². The van der Waals surface area contributed by atoms with Crippen molar-refractivity contribution in [2.45, 2.75) is 13.0 Å². The standard InChI is InChI=1S/C15H13N3O4/c19-12-5-7-16-9-10(12)17-14(20)6-8-18-11-3-1-2-4-13(11)22-15(18)21/h1-5,7,9H,6,8H2,(H,16,19)(H,17,20). The summed E-state index contributed by atoms with van der Waals surface area (Å²) in [5.41, 5.74) is 1.01. The maximum absolute atomic E-state index is 11.9. The molecule has 0 saturated carbocycles. The third-order valence-electron chi connectivity index (χ3n) is 3.23. The van der Waals surface area contributed by atoms with Gasteiger partial charge in [0.15, 0.2) is 5.58 Å². The van der Waals surface area contributed by atoms with Crippen LogP contribution in [0, 0.1) is 0 Å². The summed E-state index contributed by atoms with van der Waals surface area (Å²) < 4.78 is 6.48. The zero-order valence-corrected chi connectivity index (χ0v) is 11.5. The van der Waals surface area contributed by atoms with E-state index >= 15 is 0 Å². The summed E-state index contributed by atoms with van der Waals surface area (Å²) in [5, 5.41) is 2.51. The Morgan fingerprint density at radius 3 is 2.86 bits per heavy atom. The third kappa shape index (κ3) is 2.69. The van der Waals surface area contributed by atoms with Crippen LogP contribution in [0.2, 0.25) is 0 Å². The minimum absolute atomic E-state index is 0.0533. The SMILES string of the molecule is O=C(CCn1c(=O)oc2ccccc21)Nc1c[nH]ccc1=O. The summed E-state index contributed by atoms with van der Waals surface area (Å²) in [5.74, 6) is -0.861. The van der Waals surface area contributed by atoms with E-state index in [2.05, 4.69) is 10.3 Å². The molecule has 0 aliphatic carbocycles. The van der Waals surface area contributed by atoms with Crippen molar-refractivity contribution in [3.8, 4) is 0 Å². The van der Waals surface area contributed by atoms with Crippen LogP contribution < -0.4 is 16.5 Å². The van der Waals surface area contributed by atoms with Gasteiger partial charge in [-0.25, -0.2) is 4.79 Å². The predicted molar refractivity (Wildman–Crippen MR) is 80.8 cm³/mol. The number of H-pyrrole nitrogens is 1. The maximum atomic E-state index is 11.9. The second kappa shape index (κ2) is 5.72. The first-order chi connectivity index (χ1) is 10.6. The molecule has 0 spiro atoms. The van der Waals surface area contributed by atoms with Crippen molar-refractivity contribution < 1.29 is 9.21 Å². The van der Waals surface area contributed by atoms with E-state index in [1.807, 2.05) is 0 Å². The molecule has 1 aromatic carbocycles. The lowest BCUT2D eigenvalue weighted by Crippen LogP contribution is -2.22. The number of nitrogens with zero attached hydrogens (tertiary/aromatic N) is 1. The number of amides is 1. The van der Waals surface area contributed by atoms with Gasteiger partial charge in [0.2, 0.25) is 11.3 Å². The number of fused-ring (bicyclic) bond motifs is 1. The van der Waals surface area contributed by atoms with Gasteiger partial charge in [-0.15, -0.1) is 0 Å². The summed E-state index contributed by atoms with van der Waals surface area (Å²) in [6.07, 6.45) is 2.95. The Hall–Kier alpha value is -3.09. The smallest absolute Gasteiger partial charge is 0.408 e. The van der Waals surface area contributed by atoms with Gasteiger partial charge in [-0.05, 0) is 12.1 Å². The Bertz CT molecular complexity index is 935. The topological polar surface area (TPSA) is 97.1 Å². The average Bonchev–Trinajstić information content (AvgIpc) is 2.83. The zero-order chi connectivity index (χ0) is 15.5. The van der Waals surface area contributed by atoms with E-state index in [1.165, 1.54) is 23.0 Å². The van der Waals surface area contributed by atoms with Gasteiger partial charge in [0.25, 0.3) is 0 Å². The Kier molecular flexibility index (Phi) is 3.61. The zero-order valence-electron chi connectivity index (χ0n) is 11.5. The first-order valence-electron chi connectivity index (χ1n) is 6.70. The van der Waals surface area contributed by atoms with Crippen molar-refractivity contribution in [1.82, 2.24) is 9.55 Å². The number of aromatic nitrogens is 2. The highest BCUT2D eigenvalue weighted by Gasteiger charge is 2.11. The highest BCUT2D eigenvalue weighted by molar-refractivity contribution is 5.90. The summed E-state index contributed by atoms with van der Waals surface area (Å²) in [7, 11) is 0. The molecule has 0 aliphatic rings.